The van der Waals surface area contributed by atoms with Crippen molar-refractivity contribution >= 4 is 29.3 Å². The molecule has 6 heteroatoms. The lowest BCUT2D eigenvalue weighted by molar-refractivity contribution is 0.0698. The molecule has 5 nitrogen and oxygen atoms in total. The Hall–Kier alpha value is -1.75. The highest BCUT2D eigenvalue weighted by molar-refractivity contribution is 6.31. The summed E-state index contributed by atoms with van der Waals surface area (Å²) in [6.45, 7) is 6.12. The van der Waals surface area contributed by atoms with Crippen LogP contribution in [-0.2, 0) is 0 Å². The molecule has 1 rings (SSSR count). The number of urea groups is 1. The molecule has 2 N–H and O–H groups in total. The summed E-state index contributed by atoms with van der Waals surface area (Å²) in [4.78, 5) is 24.9. The minimum atomic E-state index is -1.11. The molecule has 1 aromatic rings. The second-order valence-corrected chi connectivity index (χ2v) is 5.95. The third-order valence-electron chi connectivity index (χ3n) is 3.25. The maximum atomic E-state index is 12.2. The summed E-state index contributed by atoms with van der Waals surface area (Å²) in [5.74, 6) is -0.643. The molecular weight excluding hydrogens is 292 g/mol. The van der Waals surface area contributed by atoms with Crippen molar-refractivity contribution in [1.82, 2.24) is 4.90 Å². The first kappa shape index (κ1) is 17.3. The Morgan fingerprint density at radius 2 is 1.95 bits per heavy atom. The number of carbonyl (C=O) groups is 2. The largest absolute Gasteiger partial charge is 0.478 e. The van der Waals surface area contributed by atoms with E-state index in [0.29, 0.717) is 10.9 Å². The quantitative estimate of drug-likeness (QED) is 0.865. The zero-order chi connectivity index (χ0) is 16.2. The molecule has 0 spiro atoms. The van der Waals surface area contributed by atoms with E-state index in [4.69, 9.17) is 16.7 Å². The van der Waals surface area contributed by atoms with Crippen LogP contribution >= 0.6 is 11.6 Å². The summed E-state index contributed by atoms with van der Waals surface area (Å²) in [5, 5.41) is 12.1. The predicted octanol–water partition coefficient (Wildman–Crippen LogP) is 3.94. The third kappa shape index (κ3) is 4.93. The first-order chi connectivity index (χ1) is 9.72. The fraction of sp³-hybridized carbons (Fsp3) is 0.467. The van der Waals surface area contributed by atoms with Crippen molar-refractivity contribution in [3.8, 4) is 0 Å². The van der Waals surface area contributed by atoms with Crippen LogP contribution in [0.1, 0.15) is 37.6 Å². The summed E-state index contributed by atoms with van der Waals surface area (Å²) in [7, 11) is 1.69. The minimum absolute atomic E-state index is 0.0117. The van der Waals surface area contributed by atoms with Crippen molar-refractivity contribution in [3.63, 3.8) is 0 Å². The lowest BCUT2D eigenvalue weighted by Gasteiger charge is -2.26. The molecule has 0 radical (unpaired) electrons. The van der Waals surface area contributed by atoms with Crippen LogP contribution < -0.4 is 5.32 Å². The van der Waals surface area contributed by atoms with E-state index in [1.54, 1.807) is 11.9 Å². The number of amides is 2. The van der Waals surface area contributed by atoms with Gasteiger partial charge in [-0.25, -0.2) is 9.59 Å². The van der Waals surface area contributed by atoms with Crippen molar-refractivity contribution in [2.24, 2.45) is 5.92 Å². The zero-order valence-corrected chi connectivity index (χ0v) is 13.4. The molecule has 0 fully saturated rings. The molecular formula is C15H21ClN2O3. The molecule has 1 aromatic carbocycles. The molecule has 0 aliphatic heterocycles. The highest BCUT2D eigenvalue weighted by atomic mass is 35.5. The number of hydrogen-bond donors (Lipinski definition) is 2. The van der Waals surface area contributed by atoms with E-state index in [-0.39, 0.29) is 23.3 Å². The van der Waals surface area contributed by atoms with Gasteiger partial charge < -0.3 is 15.3 Å². The maximum Gasteiger partial charge on any atom is 0.337 e. The maximum absolute atomic E-state index is 12.2. The Labute approximate surface area is 129 Å². The third-order valence-corrected chi connectivity index (χ3v) is 3.48. The lowest BCUT2D eigenvalue weighted by Crippen LogP contribution is -2.39. The number of nitrogens with one attached hydrogen (secondary N) is 1. The highest BCUT2D eigenvalue weighted by Crippen LogP contribution is 2.22. The lowest BCUT2D eigenvalue weighted by atomic mass is 10.0. The van der Waals surface area contributed by atoms with Crippen LogP contribution in [0.2, 0.25) is 5.02 Å². The first-order valence-electron chi connectivity index (χ1n) is 6.79. The number of hydrogen-bond acceptors (Lipinski definition) is 2. The van der Waals surface area contributed by atoms with Gasteiger partial charge in [0.1, 0.15) is 0 Å². The summed E-state index contributed by atoms with van der Waals surface area (Å²) < 4.78 is 0. The second-order valence-electron chi connectivity index (χ2n) is 5.51. The van der Waals surface area contributed by atoms with Crippen molar-refractivity contribution in [2.75, 3.05) is 12.4 Å². The smallest absolute Gasteiger partial charge is 0.337 e. The van der Waals surface area contributed by atoms with Crippen molar-refractivity contribution < 1.29 is 14.7 Å². The van der Waals surface area contributed by atoms with Crippen LogP contribution in [0, 0.1) is 5.92 Å². The van der Waals surface area contributed by atoms with E-state index in [1.165, 1.54) is 18.2 Å². The summed E-state index contributed by atoms with van der Waals surface area (Å²) in [6, 6.07) is 3.98. The number of carboxylic acids is 1. The molecule has 0 heterocycles. The van der Waals surface area contributed by atoms with Gasteiger partial charge in [-0.3, -0.25) is 0 Å². The van der Waals surface area contributed by atoms with Gasteiger partial charge in [-0.15, -0.1) is 0 Å². The van der Waals surface area contributed by atoms with Gasteiger partial charge >= 0.3 is 12.0 Å². The molecule has 0 bridgehead atoms. The summed E-state index contributed by atoms with van der Waals surface area (Å²) in [5.41, 5.74) is 0.209. The first-order valence-corrected chi connectivity index (χ1v) is 7.16. The summed E-state index contributed by atoms with van der Waals surface area (Å²) in [6.07, 6.45) is 0.866. The molecule has 21 heavy (non-hydrogen) atoms. The predicted molar refractivity (Wildman–Crippen MR) is 84.1 cm³/mol. The number of rotatable bonds is 5. The SMILES string of the molecule is CC(C)CC(C)N(C)C(=O)Nc1cc(Cl)ccc1C(=O)O. The van der Waals surface area contributed by atoms with Crippen LogP contribution in [0.3, 0.4) is 0 Å². The molecule has 2 amide bonds. The fourth-order valence-electron chi connectivity index (χ4n) is 2.05. The number of carboxylic acid groups (broad SMARTS) is 1. The molecule has 1 unspecified atom stereocenters. The fourth-order valence-corrected chi connectivity index (χ4v) is 2.22. The van der Waals surface area contributed by atoms with E-state index in [2.05, 4.69) is 19.2 Å². The van der Waals surface area contributed by atoms with Gasteiger partial charge in [-0.1, -0.05) is 25.4 Å². The molecule has 0 aliphatic carbocycles. The standard InChI is InChI=1S/C15H21ClN2O3/c1-9(2)7-10(3)18(4)15(21)17-13-8-11(16)5-6-12(13)14(19)20/h5-6,8-10H,7H2,1-4H3,(H,17,21)(H,19,20). The Bertz CT molecular complexity index is 532. The van der Waals surface area contributed by atoms with E-state index in [0.717, 1.165) is 6.42 Å². The normalized spacial score (nSPS) is 12.1. The van der Waals surface area contributed by atoms with Crippen molar-refractivity contribution in [2.45, 2.75) is 33.2 Å². The average Bonchev–Trinajstić information content (AvgIpc) is 2.36. The van der Waals surface area contributed by atoms with Gasteiger partial charge in [0.25, 0.3) is 0 Å². The van der Waals surface area contributed by atoms with E-state index < -0.39 is 5.97 Å². The molecule has 1 atom stereocenters. The topological polar surface area (TPSA) is 69.6 Å². The number of nitrogens with zero attached hydrogens (tertiary/aromatic N) is 1. The number of carbonyl (C=O) groups excluding carboxylic acids is 1. The Balaban J connectivity index is 2.88. The van der Waals surface area contributed by atoms with Crippen LogP contribution in [0.5, 0.6) is 0 Å². The number of aromatic carboxylic acids is 1. The minimum Gasteiger partial charge on any atom is -0.478 e. The van der Waals surface area contributed by atoms with E-state index in [9.17, 15) is 9.59 Å². The highest BCUT2D eigenvalue weighted by Gasteiger charge is 2.19. The molecule has 116 valence electrons. The van der Waals surface area contributed by atoms with Crippen molar-refractivity contribution in [1.29, 1.82) is 0 Å². The van der Waals surface area contributed by atoms with Crippen LogP contribution in [0.15, 0.2) is 18.2 Å². The van der Waals surface area contributed by atoms with Gasteiger partial charge in [-0.2, -0.15) is 0 Å². The van der Waals surface area contributed by atoms with Crippen molar-refractivity contribution in [3.05, 3.63) is 28.8 Å². The number of benzene rings is 1. The monoisotopic (exact) mass is 312 g/mol. The molecule has 0 saturated carbocycles. The molecule has 0 aliphatic rings. The average molecular weight is 313 g/mol. The zero-order valence-electron chi connectivity index (χ0n) is 12.7. The Morgan fingerprint density at radius 3 is 2.48 bits per heavy atom. The number of halogens is 1. The van der Waals surface area contributed by atoms with Gasteiger partial charge in [0, 0.05) is 18.1 Å². The van der Waals surface area contributed by atoms with Crippen LogP contribution in [0.25, 0.3) is 0 Å². The van der Waals surface area contributed by atoms with Crippen LogP contribution in [-0.4, -0.2) is 35.1 Å². The second kappa shape index (κ2) is 7.31. The van der Waals surface area contributed by atoms with Gasteiger partial charge in [0.2, 0.25) is 0 Å². The Kier molecular flexibility index (Phi) is 6.03. The van der Waals surface area contributed by atoms with Gasteiger partial charge in [-0.05, 0) is 37.5 Å². The van der Waals surface area contributed by atoms with E-state index in [1.807, 2.05) is 6.92 Å². The summed E-state index contributed by atoms with van der Waals surface area (Å²) >= 11 is 5.86. The van der Waals surface area contributed by atoms with Gasteiger partial charge in [0.05, 0.1) is 11.3 Å². The molecule has 0 saturated heterocycles. The Morgan fingerprint density at radius 1 is 1.33 bits per heavy atom. The van der Waals surface area contributed by atoms with E-state index >= 15 is 0 Å². The van der Waals surface area contributed by atoms with Crippen LogP contribution in [0.4, 0.5) is 10.5 Å². The van der Waals surface area contributed by atoms with Gasteiger partial charge in [0.15, 0.2) is 0 Å². The number of anilines is 1. The molecule has 0 aromatic heterocycles.